The minimum atomic E-state index is -0.856. The van der Waals surface area contributed by atoms with Crippen molar-refractivity contribution in [3.8, 4) is 0 Å². The summed E-state index contributed by atoms with van der Waals surface area (Å²) in [4.78, 5) is 25.1. The molecule has 0 aromatic heterocycles. The first kappa shape index (κ1) is 17.8. The van der Waals surface area contributed by atoms with E-state index in [-0.39, 0.29) is 18.6 Å². The van der Waals surface area contributed by atoms with Gasteiger partial charge in [-0.2, -0.15) is 0 Å². The third kappa shape index (κ3) is 6.80. The SMILES string of the molecule is CC(C)CC(CNC(=O)NCC(C)N(C)C1CC1)C(=O)O. The van der Waals surface area contributed by atoms with Crippen molar-refractivity contribution in [2.24, 2.45) is 11.8 Å². The van der Waals surface area contributed by atoms with Crippen LogP contribution in [0.25, 0.3) is 0 Å². The Kier molecular flexibility index (Phi) is 6.95. The molecule has 1 aliphatic carbocycles. The lowest BCUT2D eigenvalue weighted by molar-refractivity contribution is -0.142. The van der Waals surface area contributed by atoms with Crippen LogP contribution in [0.1, 0.15) is 40.0 Å². The monoisotopic (exact) mass is 299 g/mol. The highest BCUT2D eigenvalue weighted by Crippen LogP contribution is 2.26. The number of carboxylic acid groups (broad SMARTS) is 1. The number of nitrogens with zero attached hydrogens (tertiary/aromatic N) is 1. The molecule has 122 valence electrons. The number of hydrogen-bond acceptors (Lipinski definition) is 3. The van der Waals surface area contributed by atoms with Crippen molar-refractivity contribution in [2.75, 3.05) is 20.1 Å². The molecule has 0 aromatic carbocycles. The van der Waals surface area contributed by atoms with Gasteiger partial charge in [0.1, 0.15) is 0 Å². The first-order valence-corrected chi connectivity index (χ1v) is 7.77. The maximum absolute atomic E-state index is 11.7. The maximum atomic E-state index is 11.7. The van der Waals surface area contributed by atoms with Crippen LogP contribution >= 0.6 is 0 Å². The van der Waals surface area contributed by atoms with Crippen LogP contribution < -0.4 is 10.6 Å². The molecule has 0 heterocycles. The van der Waals surface area contributed by atoms with Crippen molar-refractivity contribution < 1.29 is 14.7 Å². The summed E-state index contributed by atoms with van der Waals surface area (Å²) in [6.45, 7) is 6.78. The summed E-state index contributed by atoms with van der Waals surface area (Å²) < 4.78 is 0. The average molecular weight is 299 g/mol. The molecule has 1 saturated carbocycles. The van der Waals surface area contributed by atoms with Crippen LogP contribution in [-0.4, -0.2) is 54.2 Å². The Morgan fingerprint density at radius 1 is 1.19 bits per heavy atom. The molecular formula is C15H29N3O3. The summed E-state index contributed by atoms with van der Waals surface area (Å²) in [7, 11) is 2.07. The third-order valence-electron chi connectivity index (χ3n) is 3.99. The van der Waals surface area contributed by atoms with E-state index in [0.717, 1.165) is 0 Å². The Morgan fingerprint density at radius 2 is 1.76 bits per heavy atom. The van der Waals surface area contributed by atoms with Gasteiger partial charge in [-0.3, -0.25) is 9.69 Å². The van der Waals surface area contributed by atoms with E-state index in [2.05, 4.69) is 29.5 Å². The first-order chi connectivity index (χ1) is 9.81. The van der Waals surface area contributed by atoms with E-state index in [9.17, 15) is 9.59 Å². The van der Waals surface area contributed by atoms with Gasteiger partial charge in [0.25, 0.3) is 0 Å². The Hall–Kier alpha value is -1.30. The van der Waals surface area contributed by atoms with Crippen molar-refractivity contribution in [1.82, 2.24) is 15.5 Å². The Bertz CT molecular complexity index is 356. The fourth-order valence-corrected chi connectivity index (χ4v) is 2.34. The topological polar surface area (TPSA) is 81.7 Å². The van der Waals surface area contributed by atoms with Crippen LogP contribution in [0.2, 0.25) is 0 Å². The summed E-state index contributed by atoms with van der Waals surface area (Å²) in [5.74, 6) is -1.09. The predicted molar refractivity (Wildman–Crippen MR) is 82.2 cm³/mol. The second-order valence-electron chi connectivity index (χ2n) is 6.50. The highest BCUT2D eigenvalue weighted by molar-refractivity contribution is 5.75. The second kappa shape index (κ2) is 8.22. The van der Waals surface area contributed by atoms with E-state index in [4.69, 9.17) is 5.11 Å². The van der Waals surface area contributed by atoms with Gasteiger partial charge in [-0.15, -0.1) is 0 Å². The van der Waals surface area contributed by atoms with E-state index >= 15 is 0 Å². The number of carboxylic acids is 1. The normalized spacial score (nSPS) is 17.6. The van der Waals surface area contributed by atoms with E-state index in [1.54, 1.807) is 0 Å². The van der Waals surface area contributed by atoms with E-state index in [0.29, 0.717) is 24.9 Å². The molecular weight excluding hydrogens is 270 g/mol. The standard InChI is InChI=1S/C15H29N3O3/c1-10(2)7-12(14(19)20)9-17-15(21)16-8-11(3)18(4)13-5-6-13/h10-13H,5-9H2,1-4H3,(H,19,20)(H2,16,17,21). The van der Waals surface area contributed by atoms with Gasteiger partial charge in [0.15, 0.2) is 0 Å². The number of hydrogen-bond donors (Lipinski definition) is 3. The molecule has 0 aromatic rings. The average Bonchev–Trinajstić information content (AvgIpc) is 3.23. The smallest absolute Gasteiger partial charge is 0.314 e. The Balaban J connectivity index is 2.24. The van der Waals surface area contributed by atoms with Crippen LogP contribution in [0, 0.1) is 11.8 Å². The molecule has 2 unspecified atom stereocenters. The summed E-state index contributed by atoms with van der Waals surface area (Å²) in [6.07, 6.45) is 3.04. The molecule has 0 bridgehead atoms. The Labute approximate surface area is 127 Å². The van der Waals surface area contributed by atoms with Crippen molar-refractivity contribution in [3.63, 3.8) is 0 Å². The highest BCUT2D eigenvalue weighted by atomic mass is 16.4. The molecule has 21 heavy (non-hydrogen) atoms. The molecule has 2 atom stereocenters. The maximum Gasteiger partial charge on any atom is 0.314 e. The molecule has 1 rings (SSSR count). The van der Waals surface area contributed by atoms with Crippen molar-refractivity contribution in [2.45, 2.75) is 52.1 Å². The number of aliphatic carboxylic acids is 1. The lowest BCUT2D eigenvalue weighted by Crippen LogP contribution is -2.46. The molecule has 0 aliphatic heterocycles. The molecule has 6 nitrogen and oxygen atoms in total. The van der Waals surface area contributed by atoms with Crippen molar-refractivity contribution >= 4 is 12.0 Å². The summed E-state index contributed by atoms with van der Waals surface area (Å²) in [5, 5.41) is 14.6. The van der Waals surface area contributed by atoms with E-state index in [1.165, 1.54) is 12.8 Å². The van der Waals surface area contributed by atoms with Crippen LogP contribution in [0.3, 0.4) is 0 Å². The molecule has 1 aliphatic rings. The molecule has 0 radical (unpaired) electrons. The summed E-state index contributed by atoms with van der Waals surface area (Å²) >= 11 is 0. The van der Waals surface area contributed by atoms with Crippen molar-refractivity contribution in [1.29, 1.82) is 0 Å². The van der Waals surface area contributed by atoms with E-state index < -0.39 is 11.9 Å². The van der Waals surface area contributed by atoms with Gasteiger partial charge in [-0.1, -0.05) is 13.8 Å². The molecule has 0 saturated heterocycles. The molecule has 6 heteroatoms. The lowest BCUT2D eigenvalue weighted by Gasteiger charge is -2.24. The zero-order valence-corrected chi connectivity index (χ0v) is 13.6. The number of nitrogens with one attached hydrogen (secondary N) is 2. The summed E-state index contributed by atoms with van der Waals surface area (Å²) in [5.41, 5.74) is 0. The van der Waals surface area contributed by atoms with Crippen LogP contribution in [0.4, 0.5) is 4.79 Å². The van der Waals surface area contributed by atoms with Crippen molar-refractivity contribution in [3.05, 3.63) is 0 Å². The highest BCUT2D eigenvalue weighted by Gasteiger charge is 2.29. The predicted octanol–water partition coefficient (Wildman–Crippen LogP) is 1.52. The van der Waals surface area contributed by atoms with Crippen LogP contribution in [0.15, 0.2) is 0 Å². The quantitative estimate of drug-likeness (QED) is 0.603. The van der Waals surface area contributed by atoms with Gasteiger partial charge >= 0.3 is 12.0 Å². The Morgan fingerprint density at radius 3 is 2.24 bits per heavy atom. The number of carbonyl (C=O) groups excluding carboxylic acids is 1. The van der Waals surface area contributed by atoms with Gasteiger partial charge < -0.3 is 15.7 Å². The van der Waals surface area contributed by atoms with Gasteiger partial charge in [-0.25, -0.2) is 4.79 Å². The van der Waals surface area contributed by atoms with Gasteiger partial charge in [0, 0.05) is 25.2 Å². The molecule has 1 fully saturated rings. The zero-order chi connectivity index (χ0) is 16.0. The number of urea groups is 1. The number of amides is 2. The van der Waals surface area contributed by atoms with Crippen LogP contribution in [-0.2, 0) is 4.79 Å². The third-order valence-corrected chi connectivity index (χ3v) is 3.99. The van der Waals surface area contributed by atoms with Gasteiger partial charge in [0.2, 0.25) is 0 Å². The minimum absolute atomic E-state index is 0.173. The molecule has 0 spiro atoms. The first-order valence-electron chi connectivity index (χ1n) is 7.77. The van der Waals surface area contributed by atoms with E-state index in [1.807, 2.05) is 13.8 Å². The molecule has 2 amide bonds. The van der Waals surface area contributed by atoms with Crippen LogP contribution in [0.5, 0.6) is 0 Å². The number of likely N-dealkylation sites (N-methyl/N-ethyl adjacent to an activating group) is 1. The molecule has 3 N–H and O–H groups in total. The fourth-order valence-electron chi connectivity index (χ4n) is 2.34. The number of rotatable bonds is 9. The largest absolute Gasteiger partial charge is 0.481 e. The summed E-state index contributed by atoms with van der Waals surface area (Å²) in [6, 6.07) is 0.655. The number of carbonyl (C=O) groups is 2. The van der Waals surface area contributed by atoms with Gasteiger partial charge in [0.05, 0.1) is 5.92 Å². The van der Waals surface area contributed by atoms with Gasteiger partial charge in [-0.05, 0) is 39.2 Å². The zero-order valence-electron chi connectivity index (χ0n) is 13.6. The lowest BCUT2D eigenvalue weighted by atomic mass is 9.97. The fraction of sp³-hybridized carbons (Fsp3) is 0.867. The minimum Gasteiger partial charge on any atom is -0.481 e. The second-order valence-corrected chi connectivity index (χ2v) is 6.50.